The van der Waals surface area contributed by atoms with E-state index in [4.69, 9.17) is 26.7 Å². The largest absolute Gasteiger partial charge is 0.481 e. The number of amides is 1. The Morgan fingerprint density at radius 3 is 2.61 bits per heavy atom. The van der Waals surface area contributed by atoms with E-state index < -0.39 is 5.97 Å². The first-order valence-electron chi connectivity index (χ1n) is 12.7. The molecule has 38 heavy (non-hydrogen) atoms. The summed E-state index contributed by atoms with van der Waals surface area (Å²) in [7, 11) is 0. The van der Waals surface area contributed by atoms with Gasteiger partial charge in [-0.15, -0.1) is 0 Å². The van der Waals surface area contributed by atoms with Crippen molar-refractivity contribution < 1.29 is 19.1 Å². The smallest absolute Gasteiger partial charge is 0.303 e. The maximum absolute atomic E-state index is 13.7. The monoisotopic (exact) mass is 531 g/mol. The third kappa shape index (κ3) is 5.83. The number of unbranched alkanes of at least 4 members (excludes halogenated alkanes) is 1. The van der Waals surface area contributed by atoms with Crippen LogP contribution in [0.2, 0.25) is 5.02 Å². The van der Waals surface area contributed by atoms with Gasteiger partial charge >= 0.3 is 5.97 Å². The minimum Gasteiger partial charge on any atom is -0.481 e. The van der Waals surface area contributed by atoms with Gasteiger partial charge in [0.15, 0.2) is 0 Å². The van der Waals surface area contributed by atoms with Crippen LogP contribution in [0.4, 0.5) is 4.39 Å². The van der Waals surface area contributed by atoms with Crippen LogP contribution >= 0.6 is 11.6 Å². The zero-order chi connectivity index (χ0) is 26.6. The van der Waals surface area contributed by atoms with E-state index in [-0.39, 0.29) is 24.2 Å². The molecule has 1 amide bonds. The van der Waals surface area contributed by atoms with Crippen molar-refractivity contribution in [2.24, 2.45) is 0 Å². The molecular formula is C30H27ClFN3O3. The van der Waals surface area contributed by atoms with Crippen LogP contribution in [0.25, 0.3) is 22.3 Å². The summed E-state index contributed by atoms with van der Waals surface area (Å²) in [5.41, 5.74) is 5.94. The second-order valence-corrected chi connectivity index (χ2v) is 10.0. The number of fused-ring (bicyclic) bond motifs is 2. The van der Waals surface area contributed by atoms with Crippen LogP contribution in [0.1, 0.15) is 65.3 Å². The molecule has 3 aromatic carbocycles. The van der Waals surface area contributed by atoms with Gasteiger partial charge in [0.1, 0.15) is 5.82 Å². The van der Waals surface area contributed by atoms with E-state index in [1.807, 2.05) is 12.1 Å². The van der Waals surface area contributed by atoms with Crippen molar-refractivity contribution in [1.82, 2.24) is 15.3 Å². The summed E-state index contributed by atoms with van der Waals surface area (Å²) in [6.45, 7) is 0. The minimum absolute atomic E-state index is 0.0958. The lowest BCUT2D eigenvalue weighted by atomic mass is 9.87. The molecule has 0 saturated heterocycles. The molecular weight excluding hydrogens is 505 g/mol. The summed E-state index contributed by atoms with van der Waals surface area (Å²) in [5, 5.41) is 12.7. The Labute approximate surface area is 224 Å². The molecule has 6 nitrogen and oxygen atoms in total. The number of nitrogens with one attached hydrogen (secondary N) is 1. The van der Waals surface area contributed by atoms with Crippen molar-refractivity contribution in [3.63, 3.8) is 0 Å². The Morgan fingerprint density at radius 1 is 1.00 bits per heavy atom. The number of aromatic nitrogens is 2. The summed E-state index contributed by atoms with van der Waals surface area (Å²) in [5.74, 6) is -1.31. The number of carbonyl (C=O) groups is 2. The molecule has 0 fully saturated rings. The summed E-state index contributed by atoms with van der Waals surface area (Å²) in [6, 6.07) is 17.2. The molecule has 194 valence electrons. The second-order valence-electron chi connectivity index (χ2n) is 9.59. The maximum atomic E-state index is 13.7. The van der Waals surface area contributed by atoms with Gasteiger partial charge in [-0.3, -0.25) is 9.59 Å². The SMILES string of the molecule is O=C(O)CCCCc1nc2cc(C(=O)N[C@H]3CCCc4cc(F)ccc43)ccc2nc1-c1ccc(Cl)cc1. The van der Waals surface area contributed by atoms with Crippen LogP contribution in [-0.2, 0) is 17.6 Å². The number of carboxylic acid groups (broad SMARTS) is 1. The maximum Gasteiger partial charge on any atom is 0.303 e. The Kier molecular flexibility index (Phi) is 7.65. The number of benzene rings is 3. The zero-order valence-corrected chi connectivity index (χ0v) is 21.5. The number of aryl methyl sites for hydroxylation is 2. The summed E-state index contributed by atoms with van der Waals surface area (Å²) in [4.78, 5) is 33.9. The molecule has 0 spiro atoms. The lowest BCUT2D eigenvalue weighted by molar-refractivity contribution is -0.137. The van der Waals surface area contributed by atoms with E-state index in [0.29, 0.717) is 46.6 Å². The van der Waals surface area contributed by atoms with E-state index in [2.05, 4.69) is 5.32 Å². The van der Waals surface area contributed by atoms with Crippen molar-refractivity contribution in [3.8, 4) is 11.3 Å². The molecule has 1 aliphatic carbocycles. The van der Waals surface area contributed by atoms with Gasteiger partial charge in [0.25, 0.3) is 5.91 Å². The Morgan fingerprint density at radius 2 is 1.82 bits per heavy atom. The number of carboxylic acids is 1. The molecule has 0 unspecified atom stereocenters. The average molecular weight is 532 g/mol. The summed E-state index contributed by atoms with van der Waals surface area (Å²) in [6.07, 6.45) is 4.31. The van der Waals surface area contributed by atoms with Crippen LogP contribution in [-0.4, -0.2) is 27.0 Å². The predicted octanol–water partition coefficient (Wildman–Crippen LogP) is 6.69. The lowest BCUT2D eigenvalue weighted by Crippen LogP contribution is -2.31. The third-order valence-corrected chi connectivity index (χ3v) is 7.15. The standard InChI is InChI=1S/C30H27ClFN3O3/c31-21-11-8-18(9-12-21)29-26(5-1-2-7-28(36)37)33-27-17-20(10-15-25(27)34-29)30(38)35-24-6-3-4-19-16-22(32)13-14-23(19)24/h8-17,24H,1-7H2,(H,35,38)(H,36,37)/t24-/m0/s1. The number of nitrogens with zero attached hydrogens (tertiary/aromatic N) is 2. The highest BCUT2D eigenvalue weighted by molar-refractivity contribution is 6.30. The quantitative estimate of drug-likeness (QED) is 0.247. The normalized spacial score (nSPS) is 14.7. The fourth-order valence-electron chi connectivity index (χ4n) is 4.99. The fraction of sp³-hybridized carbons (Fsp3) is 0.267. The molecule has 0 bridgehead atoms. The molecule has 5 rings (SSSR count). The Balaban J connectivity index is 1.43. The second kappa shape index (κ2) is 11.3. The van der Waals surface area contributed by atoms with Crippen LogP contribution in [0.5, 0.6) is 0 Å². The highest BCUT2D eigenvalue weighted by Crippen LogP contribution is 2.31. The van der Waals surface area contributed by atoms with E-state index in [9.17, 15) is 14.0 Å². The van der Waals surface area contributed by atoms with Crippen molar-refractivity contribution in [1.29, 1.82) is 0 Å². The van der Waals surface area contributed by atoms with Gasteiger partial charge in [-0.25, -0.2) is 14.4 Å². The van der Waals surface area contributed by atoms with Crippen LogP contribution in [0.3, 0.4) is 0 Å². The fourth-order valence-corrected chi connectivity index (χ4v) is 5.11. The molecule has 0 saturated carbocycles. The number of halogens is 2. The van der Waals surface area contributed by atoms with Crippen molar-refractivity contribution >= 4 is 34.5 Å². The van der Waals surface area contributed by atoms with Gasteiger partial charge in [0.05, 0.1) is 28.5 Å². The molecule has 8 heteroatoms. The number of hydrogen-bond donors (Lipinski definition) is 2. The van der Waals surface area contributed by atoms with E-state index in [0.717, 1.165) is 41.6 Å². The van der Waals surface area contributed by atoms with Gasteiger partial charge < -0.3 is 10.4 Å². The first kappa shape index (κ1) is 25.8. The number of aliphatic carboxylic acids is 1. The lowest BCUT2D eigenvalue weighted by Gasteiger charge is -2.26. The molecule has 1 aliphatic rings. The Bertz CT molecular complexity index is 1510. The molecule has 2 N–H and O–H groups in total. The van der Waals surface area contributed by atoms with E-state index >= 15 is 0 Å². The first-order valence-corrected chi connectivity index (χ1v) is 13.1. The highest BCUT2D eigenvalue weighted by atomic mass is 35.5. The molecule has 1 aromatic heterocycles. The van der Waals surface area contributed by atoms with Crippen molar-refractivity contribution in [2.45, 2.75) is 51.0 Å². The summed E-state index contributed by atoms with van der Waals surface area (Å²) < 4.78 is 13.7. The van der Waals surface area contributed by atoms with Gasteiger partial charge in [0.2, 0.25) is 0 Å². The first-order chi connectivity index (χ1) is 18.4. The predicted molar refractivity (Wildman–Crippen MR) is 145 cm³/mol. The molecule has 0 radical (unpaired) electrons. The van der Waals surface area contributed by atoms with Crippen molar-refractivity contribution in [2.75, 3.05) is 0 Å². The number of hydrogen-bond acceptors (Lipinski definition) is 4. The molecule has 1 atom stereocenters. The third-order valence-electron chi connectivity index (χ3n) is 6.90. The summed E-state index contributed by atoms with van der Waals surface area (Å²) >= 11 is 6.07. The van der Waals surface area contributed by atoms with Gasteiger partial charge in [0, 0.05) is 22.6 Å². The number of carbonyl (C=O) groups excluding carboxylic acids is 1. The highest BCUT2D eigenvalue weighted by Gasteiger charge is 2.23. The topological polar surface area (TPSA) is 92.2 Å². The average Bonchev–Trinajstić information content (AvgIpc) is 2.90. The zero-order valence-electron chi connectivity index (χ0n) is 20.7. The molecule has 0 aliphatic heterocycles. The molecule has 1 heterocycles. The van der Waals surface area contributed by atoms with Crippen LogP contribution < -0.4 is 5.32 Å². The van der Waals surface area contributed by atoms with E-state index in [1.165, 1.54) is 6.07 Å². The van der Waals surface area contributed by atoms with E-state index in [1.54, 1.807) is 42.5 Å². The van der Waals surface area contributed by atoms with Crippen molar-refractivity contribution in [3.05, 3.63) is 93.9 Å². The van der Waals surface area contributed by atoms with Crippen LogP contribution in [0, 0.1) is 5.82 Å². The minimum atomic E-state index is -0.825. The van der Waals surface area contributed by atoms with Gasteiger partial charge in [-0.2, -0.15) is 0 Å². The van der Waals surface area contributed by atoms with Crippen LogP contribution in [0.15, 0.2) is 60.7 Å². The van der Waals surface area contributed by atoms with Gasteiger partial charge in [-0.05, 0) is 92.1 Å². The number of rotatable bonds is 8. The molecule has 4 aromatic rings. The Hall–Kier alpha value is -3.84. The van der Waals surface area contributed by atoms with Gasteiger partial charge in [-0.1, -0.05) is 29.8 Å².